The molecule has 0 bridgehead atoms. The van der Waals surface area contributed by atoms with E-state index in [0.29, 0.717) is 17.9 Å². The van der Waals surface area contributed by atoms with Crippen molar-refractivity contribution in [2.75, 3.05) is 0 Å². The summed E-state index contributed by atoms with van der Waals surface area (Å²) in [6.07, 6.45) is 1.49. The molecule has 7 nitrogen and oxygen atoms in total. The van der Waals surface area contributed by atoms with E-state index in [4.69, 9.17) is 5.11 Å². The van der Waals surface area contributed by atoms with E-state index in [0.717, 1.165) is 0 Å². The lowest BCUT2D eigenvalue weighted by Gasteiger charge is -2.05. The molecule has 22 heavy (non-hydrogen) atoms. The number of carbonyl (C=O) groups is 1. The number of aryl methyl sites for hydroxylation is 2. The average Bonchev–Trinajstić information content (AvgIpc) is 2.87. The number of benzene rings is 1. The van der Waals surface area contributed by atoms with E-state index >= 15 is 0 Å². The summed E-state index contributed by atoms with van der Waals surface area (Å²) in [7, 11) is -3.69. The molecule has 0 amide bonds. The van der Waals surface area contributed by atoms with Crippen molar-refractivity contribution in [1.29, 1.82) is 0 Å². The van der Waals surface area contributed by atoms with E-state index in [1.165, 1.54) is 18.3 Å². The fraction of sp³-hybridized carbons (Fsp3) is 0.286. The molecule has 1 heterocycles. The summed E-state index contributed by atoms with van der Waals surface area (Å²) in [4.78, 5) is 14.8. The Bertz CT molecular complexity index is 779. The molecule has 1 aromatic carbocycles. The summed E-state index contributed by atoms with van der Waals surface area (Å²) in [6.45, 7) is 4.36. The number of aromatic carboxylic acids is 1. The monoisotopic (exact) mass is 323 g/mol. The van der Waals surface area contributed by atoms with Crippen LogP contribution in [-0.2, 0) is 23.1 Å². The van der Waals surface area contributed by atoms with Gasteiger partial charge >= 0.3 is 5.97 Å². The fourth-order valence-electron chi connectivity index (χ4n) is 1.95. The third-order valence-electron chi connectivity index (χ3n) is 3.24. The number of sulfonamides is 1. The molecule has 2 aromatic rings. The van der Waals surface area contributed by atoms with Gasteiger partial charge in [-0.3, -0.25) is 0 Å². The smallest absolute Gasteiger partial charge is 0.335 e. The van der Waals surface area contributed by atoms with E-state index in [-0.39, 0.29) is 17.1 Å². The first-order valence-electron chi connectivity index (χ1n) is 6.69. The van der Waals surface area contributed by atoms with Gasteiger partial charge in [0.15, 0.2) is 5.03 Å². The lowest BCUT2D eigenvalue weighted by atomic mass is 10.1. The first-order chi connectivity index (χ1) is 10.3. The first kappa shape index (κ1) is 16.2. The minimum Gasteiger partial charge on any atom is -0.478 e. The Labute approximate surface area is 128 Å². The predicted molar refractivity (Wildman–Crippen MR) is 80.1 cm³/mol. The van der Waals surface area contributed by atoms with Gasteiger partial charge in [-0.15, -0.1) is 0 Å². The zero-order chi connectivity index (χ0) is 16.3. The summed E-state index contributed by atoms with van der Waals surface area (Å²) in [5.41, 5.74) is 0.823. The Morgan fingerprint density at radius 1 is 1.32 bits per heavy atom. The Morgan fingerprint density at radius 2 is 1.95 bits per heavy atom. The van der Waals surface area contributed by atoms with Crippen molar-refractivity contribution in [3.63, 3.8) is 0 Å². The molecular weight excluding hydrogens is 306 g/mol. The van der Waals surface area contributed by atoms with Crippen LogP contribution >= 0.6 is 0 Å². The molecule has 1 aromatic heterocycles. The first-order valence-corrected chi connectivity index (χ1v) is 8.17. The van der Waals surface area contributed by atoms with Crippen molar-refractivity contribution >= 4 is 16.0 Å². The number of nitrogens with one attached hydrogen (secondary N) is 1. The molecular formula is C14H17N3O4S. The van der Waals surface area contributed by atoms with Gasteiger partial charge in [-0.2, -0.15) is 0 Å². The third kappa shape index (κ3) is 3.52. The van der Waals surface area contributed by atoms with Gasteiger partial charge in [-0.25, -0.2) is 22.9 Å². The number of carboxylic acid groups (broad SMARTS) is 1. The van der Waals surface area contributed by atoms with Crippen molar-refractivity contribution in [2.45, 2.75) is 32.0 Å². The van der Waals surface area contributed by atoms with Crippen LogP contribution in [0.15, 0.2) is 35.5 Å². The number of aromatic nitrogens is 2. The zero-order valence-corrected chi connectivity index (χ0v) is 13.1. The highest BCUT2D eigenvalue weighted by molar-refractivity contribution is 7.89. The standard InChI is InChI=1S/C14H17N3O4S/c1-3-17-9-13(16-10(17)2)22(20,21)15-8-11-4-6-12(7-5-11)14(18)19/h4-7,9,15H,3,8H2,1-2H3,(H,18,19). The van der Waals surface area contributed by atoms with E-state index in [1.54, 1.807) is 23.6 Å². The molecule has 118 valence electrons. The van der Waals surface area contributed by atoms with Gasteiger partial charge in [0.05, 0.1) is 5.56 Å². The summed E-state index contributed by atoms with van der Waals surface area (Å²) in [6, 6.07) is 6.01. The Kier molecular flexibility index (Phi) is 4.62. The van der Waals surface area contributed by atoms with E-state index in [1.807, 2.05) is 6.92 Å². The van der Waals surface area contributed by atoms with E-state index in [2.05, 4.69) is 9.71 Å². The molecule has 0 fully saturated rings. The molecule has 0 saturated carbocycles. The number of nitrogens with zero attached hydrogens (tertiary/aromatic N) is 2. The summed E-state index contributed by atoms with van der Waals surface area (Å²) < 4.78 is 28.6. The number of rotatable bonds is 6. The molecule has 0 aliphatic rings. The molecule has 0 unspecified atom stereocenters. The van der Waals surface area contributed by atoms with Gasteiger partial charge in [0, 0.05) is 19.3 Å². The molecule has 2 rings (SSSR count). The zero-order valence-electron chi connectivity index (χ0n) is 12.3. The van der Waals surface area contributed by atoms with Gasteiger partial charge in [-0.05, 0) is 31.5 Å². The van der Waals surface area contributed by atoms with Crippen LogP contribution in [0, 0.1) is 6.92 Å². The molecule has 0 aliphatic heterocycles. The molecule has 8 heteroatoms. The Hall–Kier alpha value is -2.19. The molecule has 0 radical (unpaired) electrons. The predicted octanol–water partition coefficient (Wildman–Crippen LogP) is 1.39. The Morgan fingerprint density at radius 3 is 2.45 bits per heavy atom. The maximum atomic E-state index is 12.2. The van der Waals surface area contributed by atoms with Gasteiger partial charge < -0.3 is 9.67 Å². The molecule has 0 spiro atoms. The molecule has 0 saturated heterocycles. The number of imidazole rings is 1. The second-order valence-electron chi connectivity index (χ2n) is 4.74. The fourth-order valence-corrected chi connectivity index (χ4v) is 2.97. The third-order valence-corrected chi connectivity index (χ3v) is 4.51. The van der Waals surface area contributed by atoms with Crippen molar-refractivity contribution in [2.24, 2.45) is 0 Å². The molecule has 0 aliphatic carbocycles. The summed E-state index contributed by atoms with van der Waals surface area (Å²) >= 11 is 0. The number of hydrogen-bond acceptors (Lipinski definition) is 4. The van der Waals surface area contributed by atoms with Gasteiger partial charge in [0.2, 0.25) is 0 Å². The lowest BCUT2D eigenvalue weighted by Crippen LogP contribution is -2.23. The SMILES string of the molecule is CCn1cc(S(=O)(=O)NCc2ccc(C(=O)O)cc2)nc1C. The van der Waals surface area contributed by atoms with Crippen molar-refractivity contribution < 1.29 is 18.3 Å². The topological polar surface area (TPSA) is 101 Å². The largest absolute Gasteiger partial charge is 0.478 e. The normalized spacial score (nSPS) is 11.5. The highest BCUT2D eigenvalue weighted by atomic mass is 32.2. The maximum Gasteiger partial charge on any atom is 0.335 e. The second kappa shape index (κ2) is 6.29. The summed E-state index contributed by atoms with van der Waals surface area (Å²) in [5.74, 6) is -0.388. The van der Waals surface area contributed by atoms with Crippen LogP contribution < -0.4 is 4.72 Å². The van der Waals surface area contributed by atoms with Crippen molar-refractivity contribution in [3.8, 4) is 0 Å². The second-order valence-corrected chi connectivity index (χ2v) is 6.45. The summed E-state index contributed by atoms with van der Waals surface area (Å²) in [5, 5.41) is 8.79. The van der Waals surface area contributed by atoms with Gasteiger partial charge in [-0.1, -0.05) is 12.1 Å². The van der Waals surface area contributed by atoms with Crippen LogP contribution in [0.5, 0.6) is 0 Å². The minimum absolute atomic E-state index is 0.0194. The highest BCUT2D eigenvalue weighted by Crippen LogP contribution is 2.10. The van der Waals surface area contributed by atoms with Crippen LogP contribution in [0.3, 0.4) is 0 Å². The number of hydrogen-bond donors (Lipinski definition) is 2. The number of carboxylic acids is 1. The minimum atomic E-state index is -3.69. The maximum absolute atomic E-state index is 12.2. The average molecular weight is 323 g/mol. The highest BCUT2D eigenvalue weighted by Gasteiger charge is 2.18. The van der Waals surface area contributed by atoms with Crippen LogP contribution in [0.4, 0.5) is 0 Å². The van der Waals surface area contributed by atoms with Crippen LogP contribution in [0.2, 0.25) is 0 Å². The van der Waals surface area contributed by atoms with E-state index in [9.17, 15) is 13.2 Å². The van der Waals surface area contributed by atoms with Crippen LogP contribution in [0.1, 0.15) is 28.7 Å². The van der Waals surface area contributed by atoms with Crippen LogP contribution in [0.25, 0.3) is 0 Å². The molecule has 0 atom stereocenters. The van der Waals surface area contributed by atoms with Crippen molar-refractivity contribution in [3.05, 3.63) is 47.4 Å². The quantitative estimate of drug-likeness (QED) is 0.836. The Balaban J connectivity index is 2.10. The van der Waals surface area contributed by atoms with Crippen molar-refractivity contribution in [1.82, 2.24) is 14.3 Å². The molecule has 2 N–H and O–H groups in total. The van der Waals surface area contributed by atoms with E-state index < -0.39 is 16.0 Å². The van der Waals surface area contributed by atoms with Gasteiger partial charge in [0.1, 0.15) is 5.82 Å². The lowest BCUT2D eigenvalue weighted by molar-refractivity contribution is 0.0697. The van der Waals surface area contributed by atoms with Crippen LogP contribution in [-0.4, -0.2) is 29.0 Å². The van der Waals surface area contributed by atoms with Gasteiger partial charge in [0.25, 0.3) is 10.0 Å².